The summed E-state index contributed by atoms with van der Waals surface area (Å²) in [4.78, 5) is 8.86. The van der Waals surface area contributed by atoms with Crippen molar-refractivity contribution in [3.05, 3.63) is 41.8 Å². The van der Waals surface area contributed by atoms with Crippen LogP contribution in [0.4, 0.5) is 5.69 Å². The number of aliphatic imine (C=N–C) groups is 1. The second-order valence-electron chi connectivity index (χ2n) is 6.48. The number of rotatable bonds is 7. The second kappa shape index (κ2) is 9.95. The molecule has 1 aromatic carbocycles. The molecule has 2 N–H and O–H groups in total. The molecule has 1 aromatic heterocycles. The number of piperazine rings is 1. The SMILES string of the molecule is CN=C(NCCNS(=O)(=O)c1cccs1)N1CCN(c2ccc(OC)cc2)CC1. The fraction of sp³-hybridized carbons (Fsp3) is 0.421. The summed E-state index contributed by atoms with van der Waals surface area (Å²) in [5.74, 6) is 1.64. The van der Waals surface area contributed by atoms with Crippen LogP contribution in [0.2, 0.25) is 0 Å². The highest BCUT2D eigenvalue weighted by Gasteiger charge is 2.20. The van der Waals surface area contributed by atoms with Gasteiger partial charge < -0.3 is 19.9 Å². The molecule has 0 atom stereocenters. The molecule has 0 saturated carbocycles. The van der Waals surface area contributed by atoms with Crippen LogP contribution in [0.15, 0.2) is 51.0 Å². The lowest BCUT2D eigenvalue weighted by atomic mass is 10.2. The fourth-order valence-corrected chi connectivity index (χ4v) is 5.22. The Morgan fingerprint density at radius 3 is 2.45 bits per heavy atom. The number of nitrogens with zero attached hydrogens (tertiary/aromatic N) is 3. The summed E-state index contributed by atoms with van der Waals surface area (Å²) < 4.78 is 32.4. The minimum Gasteiger partial charge on any atom is -0.497 e. The summed E-state index contributed by atoms with van der Waals surface area (Å²) in [5, 5.41) is 4.99. The van der Waals surface area contributed by atoms with Gasteiger partial charge in [-0.25, -0.2) is 13.1 Å². The van der Waals surface area contributed by atoms with Crippen molar-refractivity contribution < 1.29 is 13.2 Å². The van der Waals surface area contributed by atoms with E-state index in [2.05, 4.69) is 37.0 Å². The van der Waals surface area contributed by atoms with Crippen LogP contribution in [0.3, 0.4) is 0 Å². The zero-order valence-corrected chi connectivity index (χ0v) is 18.3. The quantitative estimate of drug-likeness (QED) is 0.387. The molecule has 0 radical (unpaired) electrons. The summed E-state index contributed by atoms with van der Waals surface area (Å²) >= 11 is 1.21. The van der Waals surface area contributed by atoms with E-state index in [1.165, 1.54) is 17.0 Å². The van der Waals surface area contributed by atoms with Gasteiger partial charge in [-0.15, -0.1) is 11.3 Å². The molecule has 8 nitrogen and oxygen atoms in total. The Labute approximate surface area is 176 Å². The molecule has 0 bridgehead atoms. The van der Waals surface area contributed by atoms with Crippen LogP contribution >= 0.6 is 11.3 Å². The first-order chi connectivity index (χ1) is 14.0. The van der Waals surface area contributed by atoms with Crippen molar-refractivity contribution in [3.8, 4) is 5.75 Å². The van der Waals surface area contributed by atoms with Crippen LogP contribution in [0.1, 0.15) is 0 Å². The van der Waals surface area contributed by atoms with Gasteiger partial charge in [0, 0.05) is 52.0 Å². The van der Waals surface area contributed by atoms with E-state index < -0.39 is 10.0 Å². The van der Waals surface area contributed by atoms with Crippen molar-refractivity contribution in [1.82, 2.24) is 14.9 Å². The molecule has 2 aromatic rings. The molecule has 0 amide bonds. The number of nitrogens with one attached hydrogen (secondary N) is 2. The summed E-state index contributed by atoms with van der Waals surface area (Å²) in [6, 6.07) is 11.4. The molecular formula is C19H27N5O3S2. The minimum absolute atomic E-state index is 0.297. The topological polar surface area (TPSA) is 86.3 Å². The molecular weight excluding hydrogens is 410 g/mol. The molecule has 3 rings (SSSR count). The normalized spacial score (nSPS) is 15.4. The lowest BCUT2D eigenvalue weighted by Crippen LogP contribution is -2.53. The number of sulfonamides is 1. The average molecular weight is 438 g/mol. The molecule has 1 aliphatic rings. The summed E-state index contributed by atoms with van der Waals surface area (Å²) in [5.41, 5.74) is 1.18. The maximum Gasteiger partial charge on any atom is 0.250 e. The first-order valence-electron chi connectivity index (χ1n) is 9.41. The zero-order valence-electron chi connectivity index (χ0n) is 16.7. The molecule has 1 aliphatic heterocycles. The van der Waals surface area contributed by atoms with Gasteiger partial charge >= 0.3 is 0 Å². The molecule has 2 heterocycles. The van der Waals surface area contributed by atoms with Gasteiger partial charge in [-0.2, -0.15) is 0 Å². The number of anilines is 1. The molecule has 0 spiro atoms. The number of hydrogen-bond acceptors (Lipinski definition) is 6. The smallest absolute Gasteiger partial charge is 0.250 e. The Morgan fingerprint density at radius 1 is 1.14 bits per heavy atom. The van der Waals surface area contributed by atoms with Crippen molar-refractivity contribution in [1.29, 1.82) is 0 Å². The average Bonchev–Trinajstić information content (AvgIpc) is 3.30. The van der Waals surface area contributed by atoms with Crippen LogP contribution in [-0.4, -0.2) is 72.7 Å². The van der Waals surface area contributed by atoms with E-state index in [0.29, 0.717) is 17.3 Å². The van der Waals surface area contributed by atoms with Crippen molar-refractivity contribution >= 4 is 33.0 Å². The van der Waals surface area contributed by atoms with Gasteiger partial charge in [0.05, 0.1) is 7.11 Å². The monoisotopic (exact) mass is 437 g/mol. The fourth-order valence-electron chi connectivity index (χ4n) is 3.15. The van der Waals surface area contributed by atoms with Gasteiger partial charge in [-0.3, -0.25) is 4.99 Å². The van der Waals surface area contributed by atoms with E-state index in [4.69, 9.17) is 4.74 Å². The molecule has 1 fully saturated rings. The second-order valence-corrected chi connectivity index (χ2v) is 9.42. The predicted octanol–water partition coefficient (Wildman–Crippen LogP) is 1.43. The zero-order chi connectivity index (χ0) is 20.7. The Kier molecular flexibility index (Phi) is 7.34. The van der Waals surface area contributed by atoms with Crippen molar-refractivity contribution in [2.45, 2.75) is 4.21 Å². The highest BCUT2D eigenvalue weighted by atomic mass is 32.2. The summed E-state index contributed by atoms with van der Waals surface area (Å²) in [7, 11) is -0.0198. The van der Waals surface area contributed by atoms with E-state index >= 15 is 0 Å². The van der Waals surface area contributed by atoms with Crippen molar-refractivity contribution in [2.75, 3.05) is 58.3 Å². The third-order valence-corrected chi connectivity index (χ3v) is 7.55. The van der Waals surface area contributed by atoms with Gasteiger partial charge in [0.2, 0.25) is 10.0 Å². The van der Waals surface area contributed by atoms with Gasteiger partial charge in [0.25, 0.3) is 0 Å². The number of benzene rings is 1. The van der Waals surface area contributed by atoms with Gasteiger partial charge in [-0.05, 0) is 35.7 Å². The molecule has 29 heavy (non-hydrogen) atoms. The number of ether oxygens (including phenoxy) is 1. The molecule has 0 aliphatic carbocycles. The number of hydrogen-bond donors (Lipinski definition) is 2. The Hall–Kier alpha value is -2.30. The molecule has 10 heteroatoms. The van der Waals surface area contributed by atoms with Gasteiger partial charge in [0.1, 0.15) is 9.96 Å². The van der Waals surface area contributed by atoms with E-state index in [9.17, 15) is 8.42 Å². The van der Waals surface area contributed by atoms with E-state index in [1.54, 1.807) is 31.7 Å². The molecule has 0 unspecified atom stereocenters. The third kappa shape index (κ3) is 5.62. The van der Waals surface area contributed by atoms with Crippen molar-refractivity contribution in [2.24, 2.45) is 4.99 Å². The minimum atomic E-state index is -3.43. The Bertz CT molecular complexity index is 890. The number of thiophene rings is 1. The van der Waals surface area contributed by atoms with Crippen LogP contribution in [-0.2, 0) is 10.0 Å². The van der Waals surface area contributed by atoms with Crippen LogP contribution < -0.4 is 19.7 Å². The van der Waals surface area contributed by atoms with E-state index in [1.807, 2.05) is 12.1 Å². The number of methoxy groups -OCH3 is 1. The Morgan fingerprint density at radius 2 is 1.86 bits per heavy atom. The van der Waals surface area contributed by atoms with Crippen LogP contribution in [0, 0.1) is 0 Å². The first kappa shape index (κ1) is 21.4. The van der Waals surface area contributed by atoms with Gasteiger partial charge in [0.15, 0.2) is 5.96 Å². The van der Waals surface area contributed by atoms with Crippen molar-refractivity contribution in [3.63, 3.8) is 0 Å². The maximum atomic E-state index is 12.1. The van der Waals surface area contributed by atoms with Gasteiger partial charge in [-0.1, -0.05) is 6.07 Å². The third-order valence-electron chi connectivity index (χ3n) is 4.69. The highest BCUT2D eigenvalue weighted by Crippen LogP contribution is 2.20. The molecule has 158 valence electrons. The van der Waals surface area contributed by atoms with Crippen LogP contribution in [0.25, 0.3) is 0 Å². The van der Waals surface area contributed by atoms with E-state index in [-0.39, 0.29) is 0 Å². The standard InChI is InChI=1S/C19H27N5O3S2/c1-20-19(21-9-10-22-29(25,26)18-4-3-15-28-18)24-13-11-23(12-14-24)16-5-7-17(27-2)8-6-16/h3-8,15,22H,9-14H2,1-2H3,(H,20,21). The summed E-state index contributed by atoms with van der Waals surface area (Å²) in [6.07, 6.45) is 0. The maximum absolute atomic E-state index is 12.1. The molecule has 1 saturated heterocycles. The predicted molar refractivity (Wildman–Crippen MR) is 118 cm³/mol. The highest BCUT2D eigenvalue weighted by molar-refractivity contribution is 7.91. The number of guanidine groups is 1. The summed E-state index contributed by atoms with van der Waals surface area (Å²) in [6.45, 7) is 4.22. The largest absolute Gasteiger partial charge is 0.497 e. The Balaban J connectivity index is 1.44. The lowest BCUT2D eigenvalue weighted by molar-refractivity contribution is 0.373. The lowest BCUT2D eigenvalue weighted by Gasteiger charge is -2.37. The first-order valence-corrected chi connectivity index (χ1v) is 11.8. The van der Waals surface area contributed by atoms with E-state index in [0.717, 1.165) is 37.9 Å². The van der Waals surface area contributed by atoms with Crippen LogP contribution in [0.5, 0.6) is 5.75 Å².